The van der Waals surface area contributed by atoms with Crippen LogP contribution in [-0.4, -0.2) is 12.3 Å². The Labute approximate surface area is 152 Å². The highest BCUT2D eigenvalue weighted by molar-refractivity contribution is 5.86. The Hall–Kier alpha value is -0.370. The number of ketones is 1. The predicted molar refractivity (Wildman–Crippen MR) is 107 cm³/mol. The third-order valence-electron chi connectivity index (χ3n) is 5.61. The highest BCUT2D eigenvalue weighted by Crippen LogP contribution is 2.36. The lowest BCUT2D eigenvalue weighted by Gasteiger charge is -2.32. The van der Waals surface area contributed by atoms with Gasteiger partial charge in [0.05, 0.1) is 0 Å². The van der Waals surface area contributed by atoms with Crippen LogP contribution in [0.25, 0.3) is 0 Å². The molecule has 0 heterocycles. The van der Waals surface area contributed by atoms with E-state index in [-0.39, 0.29) is 11.3 Å². The summed E-state index contributed by atoms with van der Waals surface area (Å²) >= 11 is 0. The topological polar surface area (TPSA) is 43.1 Å². The second kappa shape index (κ2) is 13.9. The number of carbonyl (C=O) groups excluding carboxylic acids is 1. The maximum atomic E-state index is 13.2. The van der Waals surface area contributed by atoms with E-state index in [0.29, 0.717) is 18.2 Å². The van der Waals surface area contributed by atoms with Gasteiger partial charge in [-0.05, 0) is 31.7 Å². The molecule has 0 bridgehead atoms. The maximum Gasteiger partial charge on any atom is 0.141 e. The lowest BCUT2D eigenvalue weighted by Crippen LogP contribution is -2.34. The SMILES string of the molecule is CCCCCCCC(C)(CCCCCC)C(=O)C(C)CC(C)CN. The van der Waals surface area contributed by atoms with Gasteiger partial charge in [0.1, 0.15) is 5.78 Å². The van der Waals surface area contributed by atoms with Crippen molar-refractivity contribution < 1.29 is 4.79 Å². The van der Waals surface area contributed by atoms with Crippen LogP contribution in [0.15, 0.2) is 0 Å². The van der Waals surface area contributed by atoms with Gasteiger partial charge in [0.2, 0.25) is 0 Å². The van der Waals surface area contributed by atoms with Gasteiger partial charge in [-0.3, -0.25) is 4.79 Å². The summed E-state index contributed by atoms with van der Waals surface area (Å²) in [6, 6.07) is 0. The van der Waals surface area contributed by atoms with Crippen molar-refractivity contribution in [2.75, 3.05) is 6.54 Å². The number of carbonyl (C=O) groups is 1. The second-order valence-electron chi connectivity index (χ2n) is 8.38. The van der Waals surface area contributed by atoms with Crippen molar-refractivity contribution in [3.8, 4) is 0 Å². The minimum Gasteiger partial charge on any atom is -0.330 e. The minimum atomic E-state index is -0.117. The molecule has 0 amide bonds. The van der Waals surface area contributed by atoms with Crippen LogP contribution in [0.5, 0.6) is 0 Å². The molecule has 0 aliphatic heterocycles. The van der Waals surface area contributed by atoms with E-state index in [2.05, 4.69) is 34.6 Å². The molecular weight excluding hydrogens is 294 g/mol. The molecule has 0 rings (SSSR count). The molecule has 2 heteroatoms. The second-order valence-corrected chi connectivity index (χ2v) is 8.38. The van der Waals surface area contributed by atoms with Gasteiger partial charge in [0, 0.05) is 11.3 Å². The summed E-state index contributed by atoms with van der Waals surface area (Å²) in [5.74, 6) is 1.09. The predicted octanol–water partition coefficient (Wildman–Crippen LogP) is 6.51. The molecule has 3 atom stereocenters. The van der Waals surface area contributed by atoms with Crippen LogP contribution in [0.4, 0.5) is 0 Å². The molecule has 144 valence electrons. The normalized spacial score (nSPS) is 16.6. The van der Waals surface area contributed by atoms with Gasteiger partial charge in [0.25, 0.3) is 0 Å². The smallest absolute Gasteiger partial charge is 0.141 e. The van der Waals surface area contributed by atoms with E-state index in [9.17, 15) is 4.79 Å². The van der Waals surface area contributed by atoms with Crippen LogP contribution < -0.4 is 5.73 Å². The first-order valence-electron chi connectivity index (χ1n) is 10.7. The van der Waals surface area contributed by atoms with E-state index < -0.39 is 0 Å². The van der Waals surface area contributed by atoms with Gasteiger partial charge in [-0.15, -0.1) is 0 Å². The summed E-state index contributed by atoms with van der Waals surface area (Å²) in [5.41, 5.74) is 5.64. The van der Waals surface area contributed by atoms with E-state index in [1.165, 1.54) is 57.8 Å². The summed E-state index contributed by atoms with van der Waals surface area (Å²) in [5, 5.41) is 0. The first kappa shape index (κ1) is 23.6. The highest BCUT2D eigenvalue weighted by atomic mass is 16.1. The van der Waals surface area contributed by atoms with E-state index >= 15 is 0 Å². The molecular formula is C22H45NO. The Kier molecular flexibility index (Phi) is 13.7. The maximum absolute atomic E-state index is 13.2. The van der Waals surface area contributed by atoms with Crippen molar-refractivity contribution in [2.45, 2.75) is 112 Å². The zero-order valence-corrected chi connectivity index (χ0v) is 17.3. The fourth-order valence-electron chi connectivity index (χ4n) is 3.83. The first-order chi connectivity index (χ1) is 11.4. The van der Waals surface area contributed by atoms with Gasteiger partial charge < -0.3 is 5.73 Å². The number of unbranched alkanes of at least 4 members (excludes halogenated alkanes) is 7. The fraction of sp³-hybridized carbons (Fsp3) is 0.955. The van der Waals surface area contributed by atoms with Crippen molar-refractivity contribution in [3.63, 3.8) is 0 Å². The Bertz CT molecular complexity index is 315. The summed E-state index contributed by atoms with van der Waals surface area (Å²) in [7, 11) is 0. The fourth-order valence-corrected chi connectivity index (χ4v) is 3.83. The zero-order valence-electron chi connectivity index (χ0n) is 17.3. The molecule has 0 aromatic carbocycles. The number of hydrogen-bond donors (Lipinski definition) is 1. The average molecular weight is 340 g/mol. The molecule has 0 aromatic heterocycles. The van der Waals surface area contributed by atoms with Gasteiger partial charge in [-0.25, -0.2) is 0 Å². The van der Waals surface area contributed by atoms with E-state index in [1.807, 2.05) is 0 Å². The first-order valence-corrected chi connectivity index (χ1v) is 10.7. The Morgan fingerprint density at radius 1 is 0.875 bits per heavy atom. The Balaban J connectivity index is 4.65. The molecule has 0 saturated carbocycles. The highest BCUT2D eigenvalue weighted by Gasteiger charge is 2.35. The van der Waals surface area contributed by atoms with Crippen molar-refractivity contribution in [2.24, 2.45) is 23.0 Å². The standard InChI is InChI=1S/C22H45NO/c1-6-8-10-12-14-16-22(5,15-13-11-9-7-2)21(24)20(4)17-19(3)18-23/h19-20H,6-18,23H2,1-5H3. The summed E-state index contributed by atoms with van der Waals surface area (Å²) < 4.78 is 0. The van der Waals surface area contributed by atoms with Crippen molar-refractivity contribution in [1.82, 2.24) is 0 Å². The van der Waals surface area contributed by atoms with Crippen molar-refractivity contribution >= 4 is 5.78 Å². The van der Waals surface area contributed by atoms with Crippen LogP contribution in [0, 0.1) is 17.3 Å². The third kappa shape index (κ3) is 9.81. The van der Waals surface area contributed by atoms with E-state index in [0.717, 1.165) is 19.3 Å². The lowest BCUT2D eigenvalue weighted by molar-refractivity contribution is -0.133. The molecule has 2 nitrogen and oxygen atoms in total. The monoisotopic (exact) mass is 339 g/mol. The number of rotatable bonds is 16. The van der Waals surface area contributed by atoms with Gasteiger partial charge in [-0.2, -0.15) is 0 Å². The number of Topliss-reactive ketones (excluding diaryl/α,β-unsaturated/α-hetero) is 1. The molecule has 3 unspecified atom stereocenters. The van der Waals surface area contributed by atoms with Crippen LogP contribution in [0.2, 0.25) is 0 Å². The summed E-state index contributed by atoms with van der Waals surface area (Å²) in [4.78, 5) is 13.2. The average Bonchev–Trinajstić information content (AvgIpc) is 2.57. The van der Waals surface area contributed by atoms with Gasteiger partial charge in [0.15, 0.2) is 0 Å². The lowest BCUT2D eigenvalue weighted by atomic mass is 9.71. The molecule has 0 spiro atoms. The molecule has 0 aromatic rings. The van der Waals surface area contributed by atoms with Gasteiger partial charge >= 0.3 is 0 Å². The molecule has 0 saturated heterocycles. The number of hydrogen-bond acceptors (Lipinski definition) is 2. The molecule has 0 fully saturated rings. The van der Waals surface area contributed by atoms with Crippen LogP contribution in [0.1, 0.15) is 112 Å². The van der Waals surface area contributed by atoms with Crippen molar-refractivity contribution in [3.05, 3.63) is 0 Å². The van der Waals surface area contributed by atoms with Crippen molar-refractivity contribution in [1.29, 1.82) is 0 Å². The third-order valence-corrected chi connectivity index (χ3v) is 5.61. The molecule has 0 aliphatic carbocycles. The zero-order chi connectivity index (χ0) is 18.4. The molecule has 2 N–H and O–H groups in total. The Morgan fingerprint density at radius 2 is 1.33 bits per heavy atom. The quantitative estimate of drug-likeness (QED) is 0.325. The van der Waals surface area contributed by atoms with Crippen LogP contribution in [-0.2, 0) is 4.79 Å². The minimum absolute atomic E-state index is 0.117. The summed E-state index contributed by atoms with van der Waals surface area (Å²) in [6.07, 6.45) is 14.5. The molecule has 0 radical (unpaired) electrons. The van der Waals surface area contributed by atoms with E-state index in [4.69, 9.17) is 5.73 Å². The van der Waals surface area contributed by atoms with E-state index in [1.54, 1.807) is 0 Å². The molecule has 0 aliphatic rings. The Morgan fingerprint density at radius 3 is 1.79 bits per heavy atom. The van der Waals surface area contributed by atoms with Gasteiger partial charge in [-0.1, -0.05) is 92.4 Å². The van der Waals surface area contributed by atoms with Crippen LogP contribution >= 0.6 is 0 Å². The summed E-state index contributed by atoms with van der Waals surface area (Å²) in [6.45, 7) is 11.7. The molecule has 24 heavy (non-hydrogen) atoms. The van der Waals surface area contributed by atoms with Crippen LogP contribution in [0.3, 0.4) is 0 Å². The number of nitrogens with two attached hydrogens (primary N) is 1. The largest absolute Gasteiger partial charge is 0.330 e.